The van der Waals surface area contributed by atoms with Crippen molar-refractivity contribution in [1.29, 1.82) is 0 Å². The van der Waals surface area contributed by atoms with Gasteiger partial charge in [0.25, 0.3) is 10.0 Å². The summed E-state index contributed by atoms with van der Waals surface area (Å²) in [6, 6.07) is 7.45. The highest BCUT2D eigenvalue weighted by atomic mass is 35.5. The molecule has 0 aliphatic heterocycles. The molecular weight excluding hydrogens is 309 g/mol. The predicted octanol–water partition coefficient (Wildman–Crippen LogP) is 2.77. The summed E-state index contributed by atoms with van der Waals surface area (Å²) in [7, 11) is -3.84. The Labute approximate surface area is 120 Å². The Hall–Kier alpha value is -1.50. The molecule has 8 heteroatoms. The number of aromatic nitrogens is 1. The first kappa shape index (κ1) is 13.9. The number of benzene rings is 1. The maximum Gasteiger partial charge on any atom is 0.265 e. The van der Waals surface area contributed by atoms with Crippen LogP contribution in [0.2, 0.25) is 10.0 Å². The number of rotatable bonds is 3. The number of nitrogen functional groups attached to an aromatic ring is 1. The molecule has 1 heterocycles. The summed E-state index contributed by atoms with van der Waals surface area (Å²) in [6.45, 7) is 0. The maximum atomic E-state index is 12.1. The SMILES string of the molecule is Nc1ncc(Cl)cc1S(=O)(=O)Nc1ccc(Cl)cc1. The van der Waals surface area contributed by atoms with Gasteiger partial charge in [-0.05, 0) is 30.3 Å². The number of anilines is 2. The van der Waals surface area contributed by atoms with Gasteiger partial charge in [-0.2, -0.15) is 0 Å². The monoisotopic (exact) mass is 317 g/mol. The Bertz CT molecular complexity index is 702. The highest BCUT2D eigenvalue weighted by molar-refractivity contribution is 7.92. The molecule has 2 rings (SSSR count). The van der Waals surface area contributed by atoms with Crippen LogP contribution in [-0.2, 0) is 10.0 Å². The second-order valence-electron chi connectivity index (χ2n) is 3.65. The van der Waals surface area contributed by atoms with E-state index in [0.717, 1.165) is 0 Å². The van der Waals surface area contributed by atoms with Gasteiger partial charge in [-0.1, -0.05) is 23.2 Å². The van der Waals surface area contributed by atoms with Crippen LogP contribution in [-0.4, -0.2) is 13.4 Å². The van der Waals surface area contributed by atoms with Gasteiger partial charge in [0.2, 0.25) is 0 Å². The smallest absolute Gasteiger partial charge is 0.265 e. The summed E-state index contributed by atoms with van der Waals surface area (Å²) in [5.74, 6) is -0.120. The number of hydrogen-bond acceptors (Lipinski definition) is 4. The molecule has 0 atom stereocenters. The first-order valence-corrected chi connectivity index (χ1v) is 7.32. The van der Waals surface area contributed by atoms with Crippen molar-refractivity contribution < 1.29 is 8.42 Å². The van der Waals surface area contributed by atoms with Gasteiger partial charge in [0.1, 0.15) is 10.7 Å². The molecule has 2 aromatic rings. The lowest BCUT2D eigenvalue weighted by atomic mass is 10.3. The highest BCUT2D eigenvalue weighted by Crippen LogP contribution is 2.23. The number of halogens is 2. The lowest BCUT2D eigenvalue weighted by Gasteiger charge is -2.09. The average Bonchev–Trinajstić information content (AvgIpc) is 2.35. The van der Waals surface area contributed by atoms with Crippen LogP contribution in [0.4, 0.5) is 11.5 Å². The van der Waals surface area contributed by atoms with Gasteiger partial charge in [-0.25, -0.2) is 13.4 Å². The Morgan fingerprint density at radius 1 is 1.11 bits per heavy atom. The second kappa shape index (κ2) is 5.24. The van der Waals surface area contributed by atoms with Crippen LogP contribution in [0.5, 0.6) is 0 Å². The molecule has 0 amide bonds. The molecule has 0 saturated carbocycles. The van der Waals surface area contributed by atoms with Crippen molar-refractivity contribution in [2.24, 2.45) is 0 Å². The quantitative estimate of drug-likeness (QED) is 0.911. The van der Waals surface area contributed by atoms with E-state index in [9.17, 15) is 8.42 Å². The zero-order valence-corrected chi connectivity index (χ0v) is 11.8. The van der Waals surface area contributed by atoms with E-state index in [1.165, 1.54) is 24.4 Å². The number of pyridine rings is 1. The number of nitrogens with one attached hydrogen (secondary N) is 1. The molecule has 5 nitrogen and oxygen atoms in total. The standard InChI is InChI=1S/C11H9Cl2N3O2S/c12-7-1-3-9(4-2-7)16-19(17,18)10-5-8(13)6-15-11(10)14/h1-6,16H,(H2,14,15). The van der Waals surface area contributed by atoms with Gasteiger partial charge >= 0.3 is 0 Å². The molecule has 0 saturated heterocycles. The highest BCUT2D eigenvalue weighted by Gasteiger charge is 2.19. The lowest BCUT2D eigenvalue weighted by molar-refractivity contribution is 0.601. The number of nitrogens with two attached hydrogens (primary N) is 1. The van der Waals surface area contributed by atoms with Gasteiger partial charge in [-0.3, -0.25) is 4.72 Å². The van der Waals surface area contributed by atoms with E-state index >= 15 is 0 Å². The van der Waals surface area contributed by atoms with Crippen LogP contribution in [0, 0.1) is 0 Å². The summed E-state index contributed by atoms with van der Waals surface area (Å²) in [5.41, 5.74) is 5.91. The van der Waals surface area contributed by atoms with Crippen LogP contribution in [0.15, 0.2) is 41.4 Å². The minimum Gasteiger partial charge on any atom is -0.383 e. The molecule has 1 aromatic heterocycles. The second-order valence-corrected chi connectivity index (χ2v) is 6.17. The molecule has 0 bridgehead atoms. The molecule has 19 heavy (non-hydrogen) atoms. The van der Waals surface area contributed by atoms with Crippen molar-refractivity contribution in [3.05, 3.63) is 46.6 Å². The van der Waals surface area contributed by atoms with Crippen LogP contribution >= 0.6 is 23.2 Å². The summed E-state index contributed by atoms with van der Waals surface area (Å²) in [4.78, 5) is 3.53. The van der Waals surface area contributed by atoms with Gasteiger partial charge in [0, 0.05) is 16.9 Å². The third-order valence-corrected chi connectivity index (χ3v) is 4.10. The fourth-order valence-corrected chi connectivity index (χ4v) is 2.89. The van der Waals surface area contributed by atoms with Crippen LogP contribution < -0.4 is 10.5 Å². The van der Waals surface area contributed by atoms with Crippen LogP contribution in [0.25, 0.3) is 0 Å². The third kappa shape index (κ3) is 3.28. The summed E-state index contributed by atoms with van der Waals surface area (Å²) in [6.07, 6.45) is 1.28. The van der Waals surface area contributed by atoms with E-state index in [-0.39, 0.29) is 15.7 Å². The van der Waals surface area contributed by atoms with Gasteiger partial charge in [0.15, 0.2) is 0 Å². The van der Waals surface area contributed by atoms with Crippen LogP contribution in [0.3, 0.4) is 0 Å². The van der Waals surface area contributed by atoms with Gasteiger partial charge in [0.05, 0.1) is 5.02 Å². The molecule has 0 aliphatic rings. The molecule has 0 radical (unpaired) electrons. The fraction of sp³-hybridized carbons (Fsp3) is 0. The normalized spacial score (nSPS) is 11.3. The minimum atomic E-state index is -3.84. The average molecular weight is 318 g/mol. The maximum absolute atomic E-state index is 12.1. The van der Waals surface area contributed by atoms with Crippen molar-refractivity contribution in [2.45, 2.75) is 4.90 Å². The van der Waals surface area contributed by atoms with E-state index < -0.39 is 10.0 Å². The van der Waals surface area contributed by atoms with Crippen molar-refractivity contribution in [1.82, 2.24) is 4.98 Å². The molecule has 1 aromatic carbocycles. The van der Waals surface area contributed by atoms with E-state index in [4.69, 9.17) is 28.9 Å². The first-order chi connectivity index (χ1) is 8.88. The Kier molecular flexibility index (Phi) is 3.84. The summed E-state index contributed by atoms with van der Waals surface area (Å²) >= 11 is 11.4. The minimum absolute atomic E-state index is 0.120. The molecule has 3 N–H and O–H groups in total. The van der Waals surface area contributed by atoms with Gasteiger partial charge in [-0.15, -0.1) is 0 Å². The topological polar surface area (TPSA) is 85.1 Å². The zero-order valence-electron chi connectivity index (χ0n) is 9.47. The number of hydrogen-bond donors (Lipinski definition) is 2. The van der Waals surface area contributed by atoms with Crippen molar-refractivity contribution in [2.75, 3.05) is 10.5 Å². The van der Waals surface area contributed by atoms with E-state index in [0.29, 0.717) is 10.7 Å². The Morgan fingerprint density at radius 2 is 1.74 bits per heavy atom. The largest absolute Gasteiger partial charge is 0.383 e. The first-order valence-electron chi connectivity index (χ1n) is 5.08. The Morgan fingerprint density at radius 3 is 2.37 bits per heavy atom. The molecule has 100 valence electrons. The fourth-order valence-electron chi connectivity index (χ4n) is 1.37. The van der Waals surface area contributed by atoms with Gasteiger partial charge < -0.3 is 5.73 Å². The van der Waals surface area contributed by atoms with Crippen molar-refractivity contribution >= 4 is 44.7 Å². The molecular formula is C11H9Cl2N3O2S. The van der Waals surface area contributed by atoms with Crippen molar-refractivity contribution in [3.63, 3.8) is 0 Å². The zero-order chi connectivity index (χ0) is 14.0. The number of nitrogens with zero attached hydrogens (tertiary/aromatic N) is 1. The predicted molar refractivity (Wildman–Crippen MR) is 75.9 cm³/mol. The molecule has 0 aliphatic carbocycles. The number of sulfonamides is 1. The third-order valence-electron chi connectivity index (χ3n) is 2.23. The Balaban J connectivity index is 2.37. The summed E-state index contributed by atoms with van der Waals surface area (Å²) in [5, 5.41) is 0.692. The van der Waals surface area contributed by atoms with Crippen molar-refractivity contribution in [3.8, 4) is 0 Å². The summed E-state index contributed by atoms with van der Waals surface area (Å²) < 4.78 is 26.6. The molecule has 0 unspecified atom stereocenters. The molecule has 0 fully saturated rings. The van der Waals surface area contributed by atoms with E-state index in [1.54, 1.807) is 12.1 Å². The van der Waals surface area contributed by atoms with E-state index in [2.05, 4.69) is 9.71 Å². The van der Waals surface area contributed by atoms with Crippen LogP contribution in [0.1, 0.15) is 0 Å². The lowest BCUT2D eigenvalue weighted by Crippen LogP contribution is -2.15. The molecule has 0 spiro atoms. The van der Waals surface area contributed by atoms with E-state index in [1.807, 2.05) is 0 Å².